The third-order valence-corrected chi connectivity index (χ3v) is 3.08. The second kappa shape index (κ2) is 5.00. The molecule has 3 heteroatoms. The zero-order valence-corrected chi connectivity index (χ0v) is 9.26. The Morgan fingerprint density at radius 1 is 1.31 bits per heavy atom. The summed E-state index contributed by atoms with van der Waals surface area (Å²) in [6, 6.07) is 9.64. The van der Waals surface area contributed by atoms with Crippen molar-refractivity contribution >= 4 is 0 Å². The van der Waals surface area contributed by atoms with Gasteiger partial charge in [-0.25, -0.2) is 0 Å². The highest BCUT2D eigenvalue weighted by atomic mass is 16.3. The second-order valence-corrected chi connectivity index (χ2v) is 4.28. The normalized spacial score (nSPS) is 21.6. The molecule has 1 aromatic carbocycles. The Hall–Kier alpha value is -1.53. The van der Waals surface area contributed by atoms with E-state index in [9.17, 15) is 5.11 Å². The number of nitrogens with zero attached hydrogens (tertiary/aromatic N) is 2. The summed E-state index contributed by atoms with van der Waals surface area (Å²) in [5.74, 6) is 0.291. The summed E-state index contributed by atoms with van der Waals surface area (Å²) in [5, 5.41) is 18.2. The van der Waals surface area contributed by atoms with Crippen molar-refractivity contribution in [3.05, 3.63) is 29.8 Å². The molecule has 1 aliphatic heterocycles. The van der Waals surface area contributed by atoms with Crippen LogP contribution < -0.4 is 0 Å². The molecule has 2 rings (SSSR count). The van der Waals surface area contributed by atoms with Crippen molar-refractivity contribution in [2.45, 2.75) is 31.8 Å². The molecule has 0 radical (unpaired) electrons. The Labute approximate surface area is 95.9 Å². The minimum atomic E-state index is 0.0579. The fraction of sp³-hybridized carbons (Fsp3) is 0.462. The molecule has 1 saturated heterocycles. The zero-order valence-electron chi connectivity index (χ0n) is 9.26. The van der Waals surface area contributed by atoms with Crippen LogP contribution in [0.4, 0.5) is 0 Å². The van der Waals surface area contributed by atoms with E-state index in [-0.39, 0.29) is 6.04 Å². The van der Waals surface area contributed by atoms with E-state index in [0.29, 0.717) is 5.75 Å². The van der Waals surface area contributed by atoms with Crippen LogP contribution in [0.1, 0.15) is 24.8 Å². The predicted molar refractivity (Wildman–Crippen MR) is 61.8 cm³/mol. The number of aromatic hydroxyl groups is 1. The first-order valence-corrected chi connectivity index (χ1v) is 5.71. The molecule has 0 saturated carbocycles. The summed E-state index contributed by atoms with van der Waals surface area (Å²) >= 11 is 0. The van der Waals surface area contributed by atoms with Crippen LogP contribution in [0.3, 0.4) is 0 Å². The fourth-order valence-corrected chi connectivity index (χ4v) is 2.16. The molecular weight excluding hydrogens is 200 g/mol. The molecule has 0 spiro atoms. The standard InChI is InChI=1S/C13H16N2O/c14-9-12-3-1-2-8-15(12)10-11-4-6-13(16)7-5-11/h4-7,12,16H,1-3,8,10H2. The molecule has 0 aliphatic carbocycles. The summed E-state index contributed by atoms with van der Waals surface area (Å²) < 4.78 is 0. The highest BCUT2D eigenvalue weighted by molar-refractivity contribution is 5.26. The van der Waals surface area contributed by atoms with Gasteiger partial charge in [0.05, 0.1) is 12.1 Å². The summed E-state index contributed by atoms with van der Waals surface area (Å²) in [6.45, 7) is 1.80. The van der Waals surface area contributed by atoms with Gasteiger partial charge in [-0.3, -0.25) is 4.90 Å². The van der Waals surface area contributed by atoms with Crippen LogP contribution in [0.5, 0.6) is 5.75 Å². The highest BCUT2D eigenvalue weighted by Gasteiger charge is 2.21. The summed E-state index contributed by atoms with van der Waals surface area (Å²) in [6.07, 6.45) is 3.31. The Morgan fingerprint density at radius 3 is 2.75 bits per heavy atom. The first kappa shape index (κ1) is 11.0. The van der Waals surface area contributed by atoms with Crippen molar-refractivity contribution in [2.75, 3.05) is 6.54 Å². The number of phenolic OH excluding ortho intramolecular Hbond substituents is 1. The predicted octanol–water partition coefficient (Wildman–Crippen LogP) is 2.27. The van der Waals surface area contributed by atoms with Crippen LogP contribution >= 0.6 is 0 Å². The van der Waals surface area contributed by atoms with E-state index in [1.54, 1.807) is 12.1 Å². The van der Waals surface area contributed by atoms with E-state index in [2.05, 4.69) is 11.0 Å². The van der Waals surface area contributed by atoms with E-state index in [1.807, 2.05) is 12.1 Å². The van der Waals surface area contributed by atoms with Crippen LogP contribution in [0.15, 0.2) is 24.3 Å². The minimum Gasteiger partial charge on any atom is -0.508 e. The lowest BCUT2D eigenvalue weighted by Crippen LogP contribution is -2.37. The molecule has 1 heterocycles. The molecule has 1 aliphatic rings. The van der Waals surface area contributed by atoms with Gasteiger partial charge in [-0.05, 0) is 43.5 Å². The monoisotopic (exact) mass is 216 g/mol. The average Bonchev–Trinajstić information content (AvgIpc) is 2.33. The van der Waals surface area contributed by atoms with Gasteiger partial charge in [-0.1, -0.05) is 12.1 Å². The molecule has 0 aromatic heterocycles. The summed E-state index contributed by atoms with van der Waals surface area (Å²) in [4.78, 5) is 2.22. The Bertz CT molecular complexity index is 380. The first-order valence-electron chi connectivity index (χ1n) is 5.71. The van der Waals surface area contributed by atoms with Gasteiger partial charge in [0.15, 0.2) is 0 Å². The molecule has 3 nitrogen and oxygen atoms in total. The van der Waals surface area contributed by atoms with Crippen LogP contribution in [-0.2, 0) is 6.54 Å². The van der Waals surface area contributed by atoms with E-state index < -0.39 is 0 Å². The molecule has 1 N–H and O–H groups in total. The topological polar surface area (TPSA) is 47.3 Å². The summed E-state index contributed by atoms with van der Waals surface area (Å²) in [5.41, 5.74) is 1.15. The second-order valence-electron chi connectivity index (χ2n) is 4.28. The number of phenols is 1. The first-order chi connectivity index (χ1) is 7.79. The Kier molecular flexibility index (Phi) is 3.43. The number of hydrogen-bond donors (Lipinski definition) is 1. The van der Waals surface area contributed by atoms with Crippen molar-refractivity contribution in [1.82, 2.24) is 4.90 Å². The largest absolute Gasteiger partial charge is 0.508 e. The number of likely N-dealkylation sites (tertiary alicyclic amines) is 1. The molecule has 0 amide bonds. The van der Waals surface area contributed by atoms with Gasteiger partial charge in [0, 0.05) is 6.54 Å². The van der Waals surface area contributed by atoms with Gasteiger partial charge in [-0.2, -0.15) is 5.26 Å². The number of piperidine rings is 1. The van der Waals surface area contributed by atoms with E-state index in [0.717, 1.165) is 31.5 Å². The maximum absolute atomic E-state index is 9.19. The van der Waals surface area contributed by atoms with Crippen molar-refractivity contribution in [1.29, 1.82) is 5.26 Å². The van der Waals surface area contributed by atoms with Gasteiger partial charge in [0.2, 0.25) is 0 Å². The maximum Gasteiger partial charge on any atom is 0.115 e. The molecule has 0 bridgehead atoms. The molecule has 84 valence electrons. The van der Waals surface area contributed by atoms with Crippen molar-refractivity contribution in [2.24, 2.45) is 0 Å². The van der Waals surface area contributed by atoms with Gasteiger partial charge >= 0.3 is 0 Å². The van der Waals surface area contributed by atoms with Crippen molar-refractivity contribution in [3.8, 4) is 11.8 Å². The zero-order chi connectivity index (χ0) is 11.4. The minimum absolute atomic E-state index is 0.0579. The van der Waals surface area contributed by atoms with Gasteiger partial charge in [0.25, 0.3) is 0 Å². The summed E-state index contributed by atoms with van der Waals surface area (Å²) in [7, 11) is 0. The highest BCUT2D eigenvalue weighted by Crippen LogP contribution is 2.20. The molecule has 1 fully saturated rings. The molecule has 16 heavy (non-hydrogen) atoms. The smallest absolute Gasteiger partial charge is 0.115 e. The lowest BCUT2D eigenvalue weighted by molar-refractivity contribution is 0.176. The number of rotatable bonds is 2. The lowest BCUT2D eigenvalue weighted by Gasteiger charge is -2.31. The van der Waals surface area contributed by atoms with Crippen LogP contribution in [0.2, 0.25) is 0 Å². The Morgan fingerprint density at radius 2 is 2.06 bits per heavy atom. The van der Waals surface area contributed by atoms with Crippen molar-refractivity contribution < 1.29 is 5.11 Å². The average molecular weight is 216 g/mol. The van der Waals surface area contributed by atoms with Gasteiger partial charge in [-0.15, -0.1) is 0 Å². The number of hydrogen-bond acceptors (Lipinski definition) is 3. The lowest BCUT2D eigenvalue weighted by atomic mass is 10.0. The van der Waals surface area contributed by atoms with Crippen molar-refractivity contribution in [3.63, 3.8) is 0 Å². The molecule has 1 aromatic rings. The van der Waals surface area contributed by atoms with E-state index >= 15 is 0 Å². The van der Waals surface area contributed by atoms with E-state index in [4.69, 9.17) is 5.26 Å². The fourth-order valence-electron chi connectivity index (χ4n) is 2.16. The molecule has 1 unspecified atom stereocenters. The maximum atomic E-state index is 9.19. The van der Waals surface area contributed by atoms with E-state index in [1.165, 1.54) is 6.42 Å². The molecular formula is C13H16N2O. The van der Waals surface area contributed by atoms with Crippen LogP contribution in [-0.4, -0.2) is 22.6 Å². The third-order valence-electron chi connectivity index (χ3n) is 3.08. The number of nitriles is 1. The Balaban J connectivity index is 2.02. The van der Waals surface area contributed by atoms with Gasteiger partial charge < -0.3 is 5.11 Å². The third kappa shape index (κ3) is 2.53. The number of benzene rings is 1. The quantitative estimate of drug-likeness (QED) is 0.825. The van der Waals surface area contributed by atoms with Gasteiger partial charge in [0.1, 0.15) is 5.75 Å². The van der Waals surface area contributed by atoms with Crippen LogP contribution in [0, 0.1) is 11.3 Å². The molecule has 1 atom stereocenters. The van der Waals surface area contributed by atoms with Crippen LogP contribution in [0.25, 0.3) is 0 Å². The SMILES string of the molecule is N#CC1CCCCN1Cc1ccc(O)cc1.